The van der Waals surface area contributed by atoms with Gasteiger partial charge in [-0.25, -0.2) is 13.2 Å². The molecular weight excluding hydrogens is 287 g/mol. The SMILES string of the molecule is Cc1ccc(-c2ccc(-c3ccccc3F)cn2)c(F)c1F. The molecule has 0 spiro atoms. The highest BCUT2D eigenvalue weighted by molar-refractivity contribution is 5.67. The van der Waals surface area contributed by atoms with Gasteiger partial charge in [-0.2, -0.15) is 0 Å². The Morgan fingerprint density at radius 2 is 1.55 bits per heavy atom. The van der Waals surface area contributed by atoms with Gasteiger partial charge >= 0.3 is 0 Å². The van der Waals surface area contributed by atoms with Gasteiger partial charge in [-0.3, -0.25) is 4.98 Å². The summed E-state index contributed by atoms with van der Waals surface area (Å²) in [6, 6.07) is 12.5. The van der Waals surface area contributed by atoms with Crippen molar-refractivity contribution in [2.24, 2.45) is 0 Å². The number of nitrogens with zero attached hydrogens (tertiary/aromatic N) is 1. The van der Waals surface area contributed by atoms with Crippen LogP contribution in [0.5, 0.6) is 0 Å². The molecule has 0 aliphatic carbocycles. The molecule has 4 heteroatoms. The van der Waals surface area contributed by atoms with E-state index in [4.69, 9.17) is 0 Å². The van der Waals surface area contributed by atoms with Crippen LogP contribution in [0.3, 0.4) is 0 Å². The topological polar surface area (TPSA) is 12.9 Å². The van der Waals surface area contributed by atoms with Gasteiger partial charge in [0, 0.05) is 22.9 Å². The smallest absolute Gasteiger partial charge is 0.168 e. The van der Waals surface area contributed by atoms with Crippen molar-refractivity contribution in [1.82, 2.24) is 4.98 Å². The van der Waals surface area contributed by atoms with E-state index in [1.807, 2.05) is 0 Å². The van der Waals surface area contributed by atoms with Gasteiger partial charge in [0.2, 0.25) is 0 Å². The number of halogens is 3. The average Bonchev–Trinajstić information content (AvgIpc) is 2.54. The van der Waals surface area contributed by atoms with Crippen molar-refractivity contribution in [2.75, 3.05) is 0 Å². The van der Waals surface area contributed by atoms with Crippen molar-refractivity contribution in [3.8, 4) is 22.4 Å². The maximum absolute atomic E-state index is 14.0. The highest BCUT2D eigenvalue weighted by Gasteiger charge is 2.14. The fraction of sp³-hybridized carbons (Fsp3) is 0.0556. The Morgan fingerprint density at radius 1 is 0.773 bits per heavy atom. The number of rotatable bonds is 2. The summed E-state index contributed by atoms with van der Waals surface area (Å²) in [6.07, 6.45) is 1.45. The summed E-state index contributed by atoms with van der Waals surface area (Å²) >= 11 is 0. The van der Waals surface area contributed by atoms with Crippen LogP contribution < -0.4 is 0 Å². The van der Waals surface area contributed by atoms with Crippen LogP contribution in [0, 0.1) is 24.4 Å². The van der Waals surface area contributed by atoms with Gasteiger partial charge in [-0.1, -0.05) is 30.3 Å². The zero-order valence-electron chi connectivity index (χ0n) is 11.8. The van der Waals surface area contributed by atoms with E-state index in [-0.39, 0.29) is 16.9 Å². The summed E-state index contributed by atoms with van der Waals surface area (Å²) < 4.78 is 41.3. The second kappa shape index (κ2) is 5.64. The standard InChI is InChI=1S/C18H12F3N/c1-11-6-8-14(18(21)17(11)20)16-9-7-12(10-22-16)13-4-2-3-5-15(13)19/h2-10H,1H3. The first-order valence-corrected chi connectivity index (χ1v) is 6.74. The maximum Gasteiger partial charge on any atom is 0.168 e. The predicted molar refractivity (Wildman–Crippen MR) is 79.7 cm³/mol. The van der Waals surface area contributed by atoms with Crippen molar-refractivity contribution in [2.45, 2.75) is 6.92 Å². The highest BCUT2D eigenvalue weighted by atomic mass is 19.2. The second-order valence-corrected chi connectivity index (χ2v) is 4.97. The molecule has 0 atom stereocenters. The van der Waals surface area contributed by atoms with Crippen LogP contribution in [0.4, 0.5) is 13.2 Å². The van der Waals surface area contributed by atoms with Crippen LogP contribution in [0.1, 0.15) is 5.56 Å². The number of pyridine rings is 1. The van der Waals surface area contributed by atoms with Crippen molar-refractivity contribution in [3.63, 3.8) is 0 Å². The normalized spacial score (nSPS) is 10.7. The van der Waals surface area contributed by atoms with Gasteiger partial charge in [0.15, 0.2) is 11.6 Å². The molecule has 0 fully saturated rings. The molecule has 1 aromatic heterocycles. The Hall–Kier alpha value is -2.62. The monoisotopic (exact) mass is 299 g/mol. The van der Waals surface area contributed by atoms with Crippen LogP contribution in [-0.2, 0) is 0 Å². The van der Waals surface area contributed by atoms with E-state index < -0.39 is 11.6 Å². The van der Waals surface area contributed by atoms with E-state index in [0.717, 1.165) is 0 Å². The van der Waals surface area contributed by atoms with E-state index >= 15 is 0 Å². The van der Waals surface area contributed by atoms with E-state index in [1.54, 1.807) is 30.3 Å². The highest BCUT2D eigenvalue weighted by Crippen LogP contribution is 2.27. The van der Waals surface area contributed by atoms with Crippen LogP contribution >= 0.6 is 0 Å². The van der Waals surface area contributed by atoms with Crippen molar-refractivity contribution >= 4 is 0 Å². The average molecular weight is 299 g/mol. The summed E-state index contributed by atoms with van der Waals surface area (Å²) in [6.45, 7) is 1.50. The number of aromatic nitrogens is 1. The summed E-state index contributed by atoms with van der Waals surface area (Å²) in [4.78, 5) is 4.12. The molecule has 0 amide bonds. The fourth-order valence-electron chi connectivity index (χ4n) is 2.25. The minimum Gasteiger partial charge on any atom is -0.256 e. The maximum atomic E-state index is 14.0. The molecule has 3 aromatic rings. The van der Waals surface area contributed by atoms with Crippen molar-refractivity contribution in [3.05, 3.63) is 77.7 Å². The molecule has 22 heavy (non-hydrogen) atoms. The third-order valence-corrected chi connectivity index (χ3v) is 3.50. The number of hydrogen-bond acceptors (Lipinski definition) is 1. The summed E-state index contributed by atoms with van der Waals surface area (Å²) in [5.74, 6) is -2.16. The third kappa shape index (κ3) is 2.48. The molecule has 3 rings (SSSR count). The molecule has 110 valence electrons. The zero-order chi connectivity index (χ0) is 15.7. The lowest BCUT2D eigenvalue weighted by molar-refractivity contribution is 0.505. The summed E-state index contributed by atoms with van der Waals surface area (Å²) in [7, 11) is 0. The molecule has 0 N–H and O–H groups in total. The fourth-order valence-corrected chi connectivity index (χ4v) is 2.25. The van der Waals surface area contributed by atoms with Gasteiger partial charge in [0.05, 0.1) is 5.69 Å². The Morgan fingerprint density at radius 3 is 2.23 bits per heavy atom. The Labute approximate surface area is 126 Å². The molecule has 1 nitrogen and oxygen atoms in total. The largest absolute Gasteiger partial charge is 0.256 e. The number of benzene rings is 2. The van der Waals surface area contributed by atoms with Crippen molar-refractivity contribution < 1.29 is 13.2 Å². The van der Waals surface area contributed by atoms with E-state index in [9.17, 15) is 13.2 Å². The van der Waals surface area contributed by atoms with Gasteiger partial charge < -0.3 is 0 Å². The first kappa shape index (κ1) is 14.3. The zero-order valence-corrected chi connectivity index (χ0v) is 11.8. The van der Waals surface area contributed by atoms with Crippen LogP contribution in [-0.4, -0.2) is 4.98 Å². The molecule has 0 radical (unpaired) electrons. The quantitative estimate of drug-likeness (QED) is 0.638. The van der Waals surface area contributed by atoms with Gasteiger partial charge in [-0.15, -0.1) is 0 Å². The molecule has 0 saturated heterocycles. The molecular formula is C18H12F3N. The minimum atomic E-state index is -0.925. The molecule has 0 aliphatic rings. The molecule has 0 unspecified atom stereocenters. The van der Waals surface area contributed by atoms with Crippen LogP contribution in [0.15, 0.2) is 54.7 Å². The van der Waals surface area contributed by atoms with Crippen molar-refractivity contribution in [1.29, 1.82) is 0 Å². The number of hydrogen-bond donors (Lipinski definition) is 0. The van der Waals surface area contributed by atoms with E-state index in [2.05, 4.69) is 4.98 Å². The van der Waals surface area contributed by atoms with Gasteiger partial charge in [-0.05, 0) is 30.7 Å². The molecule has 0 bridgehead atoms. The lowest BCUT2D eigenvalue weighted by atomic mass is 10.0. The third-order valence-electron chi connectivity index (χ3n) is 3.50. The van der Waals surface area contributed by atoms with Crippen LogP contribution in [0.25, 0.3) is 22.4 Å². The Bertz CT molecular complexity index is 826. The van der Waals surface area contributed by atoms with Crippen LogP contribution in [0.2, 0.25) is 0 Å². The minimum absolute atomic E-state index is 0.0863. The first-order chi connectivity index (χ1) is 10.6. The van der Waals surface area contributed by atoms with Gasteiger partial charge in [0.25, 0.3) is 0 Å². The van der Waals surface area contributed by atoms with Gasteiger partial charge in [0.1, 0.15) is 5.82 Å². The lowest BCUT2D eigenvalue weighted by Gasteiger charge is -2.07. The summed E-state index contributed by atoms with van der Waals surface area (Å²) in [5.41, 5.74) is 1.62. The lowest BCUT2D eigenvalue weighted by Crippen LogP contribution is -1.95. The van der Waals surface area contributed by atoms with E-state index in [1.165, 1.54) is 31.3 Å². The Kier molecular flexibility index (Phi) is 3.67. The first-order valence-electron chi connectivity index (χ1n) is 6.74. The molecule has 0 saturated carbocycles. The number of aryl methyl sites for hydroxylation is 1. The summed E-state index contributed by atoms with van der Waals surface area (Å²) in [5, 5.41) is 0. The van der Waals surface area contributed by atoms with E-state index in [0.29, 0.717) is 16.8 Å². The second-order valence-electron chi connectivity index (χ2n) is 4.97. The molecule has 2 aromatic carbocycles. The molecule has 1 heterocycles. The predicted octanol–water partition coefficient (Wildman–Crippen LogP) is 5.14. The molecule has 0 aliphatic heterocycles. The Balaban J connectivity index is 2.02.